The van der Waals surface area contributed by atoms with Crippen molar-refractivity contribution in [2.45, 2.75) is 11.4 Å². The van der Waals surface area contributed by atoms with Crippen molar-refractivity contribution in [1.29, 1.82) is 0 Å². The monoisotopic (exact) mass is 456 g/mol. The minimum atomic E-state index is -4.04. The number of esters is 1. The molecule has 0 saturated heterocycles. The number of anilines is 1. The highest BCUT2D eigenvalue weighted by Crippen LogP contribution is 2.20. The number of carbonyl (C=O) groups excluding carboxylic acids is 2. The summed E-state index contributed by atoms with van der Waals surface area (Å²) in [4.78, 5) is 24.7. The summed E-state index contributed by atoms with van der Waals surface area (Å²) < 4.78 is 45.4. The van der Waals surface area contributed by atoms with Gasteiger partial charge in [0.15, 0.2) is 0 Å². The zero-order valence-corrected chi connectivity index (χ0v) is 18.0. The standard InChI is InChI=1S/C23H21FN2O5S/c1-31-23(28)20-9-5-6-10-21(20)25-22(27)16-26(15-17-11-13-18(24)14-12-17)32(29,30)19-7-3-2-4-8-19/h2-14H,15-16H2,1H3,(H,25,27). The normalized spacial score (nSPS) is 11.2. The van der Waals surface area contributed by atoms with E-state index in [9.17, 15) is 22.4 Å². The van der Waals surface area contributed by atoms with Gasteiger partial charge in [0.2, 0.25) is 15.9 Å². The summed E-state index contributed by atoms with van der Waals surface area (Å²) in [5.41, 5.74) is 0.844. The number of nitrogens with one attached hydrogen (secondary N) is 1. The molecular weight excluding hydrogens is 435 g/mol. The van der Waals surface area contributed by atoms with E-state index in [-0.39, 0.29) is 22.7 Å². The van der Waals surface area contributed by atoms with Crippen LogP contribution in [0.1, 0.15) is 15.9 Å². The number of rotatable bonds is 8. The van der Waals surface area contributed by atoms with Gasteiger partial charge in [0.1, 0.15) is 5.82 Å². The van der Waals surface area contributed by atoms with Crippen LogP contribution in [0.4, 0.5) is 10.1 Å². The van der Waals surface area contributed by atoms with Gasteiger partial charge in [-0.3, -0.25) is 4.79 Å². The summed E-state index contributed by atoms with van der Waals surface area (Å²) in [6.45, 7) is -0.673. The van der Waals surface area contributed by atoms with E-state index in [0.717, 1.165) is 4.31 Å². The van der Waals surface area contributed by atoms with Crippen molar-refractivity contribution in [3.05, 3.63) is 95.8 Å². The lowest BCUT2D eigenvalue weighted by atomic mass is 10.2. The van der Waals surface area contributed by atoms with Crippen LogP contribution in [0.15, 0.2) is 83.8 Å². The lowest BCUT2D eigenvalue weighted by Gasteiger charge is -2.22. The molecule has 1 N–H and O–H groups in total. The zero-order chi connectivity index (χ0) is 23.1. The molecule has 0 fully saturated rings. The van der Waals surface area contributed by atoms with Gasteiger partial charge in [0.25, 0.3) is 0 Å². The molecule has 0 heterocycles. The zero-order valence-electron chi connectivity index (χ0n) is 17.2. The smallest absolute Gasteiger partial charge is 0.339 e. The van der Waals surface area contributed by atoms with Crippen molar-refractivity contribution in [1.82, 2.24) is 4.31 Å². The van der Waals surface area contributed by atoms with Crippen molar-refractivity contribution < 1.29 is 27.1 Å². The molecule has 0 aromatic heterocycles. The molecule has 0 aliphatic heterocycles. The van der Waals surface area contributed by atoms with E-state index in [4.69, 9.17) is 4.74 Å². The van der Waals surface area contributed by atoms with Gasteiger partial charge >= 0.3 is 5.97 Å². The van der Waals surface area contributed by atoms with E-state index in [1.807, 2.05) is 0 Å². The highest BCUT2D eigenvalue weighted by molar-refractivity contribution is 7.89. The number of ether oxygens (including phenoxy) is 1. The first-order valence-electron chi connectivity index (χ1n) is 9.58. The Labute approximate surface area is 185 Å². The highest BCUT2D eigenvalue weighted by atomic mass is 32.2. The van der Waals surface area contributed by atoms with E-state index in [0.29, 0.717) is 5.56 Å². The third kappa shape index (κ3) is 5.57. The van der Waals surface area contributed by atoms with Crippen LogP contribution in [-0.2, 0) is 26.1 Å². The fourth-order valence-electron chi connectivity index (χ4n) is 2.99. The summed E-state index contributed by atoms with van der Waals surface area (Å²) in [7, 11) is -2.82. The van der Waals surface area contributed by atoms with Gasteiger partial charge < -0.3 is 10.1 Å². The van der Waals surface area contributed by atoms with E-state index < -0.39 is 34.3 Å². The maximum atomic E-state index is 13.3. The molecule has 0 saturated carbocycles. The second-order valence-corrected chi connectivity index (χ2v) is 8.74. The highest BCUT2D eigenvalue weighted by Gasteiger charge is 2.27. The number of carbonyl (C=O) groups is 2. The molecule has 3 aromatic carbocycles. The Balaban J connectivity index is 1.88. The Morgan fingerprint density at radius 1 is 0.938 bits per heavy atom. The predicted octanol–water partition coefficient (Wildman–Crippen LogP) is 3.44. The molecule has 0 unspecified atom stereocenters. The lowest BCUT2D eigenvalue weighted by Crippen LogP contribution is -2.37. The second kappa shape index (κ2) is 10.2. The molecule has 1 amide bonds. The van der Waals surface area contributed by atoms with Crippen molar-refractivity contribution in [3.63, 3.8) is 0 Å². The summed E-state index contributed by atoms with van der Waals surface area (Å²) in [6.07, 6.45) is 0. The number of hydrogen-bond acceptors (Lipinski definition) is 5. The van der Waals surface area contributed by atoms with Gasteiger partial charge in [-0.1, -0.05) is 42.5 Å². The fraction of sp³-hybridized carbons (Fsp3) is 0.130. The molecule has 0 atom stereocenters. The van der Waals surface area contributed by atoms with Crippen LogP contribution >= 0.6 is 0 Å². The van der Waals surface area contributed by atoms with Gasteiger partial charge in [0.05, 0.1) is 29.8 Å². The molecule has 3 rings (SSSR count). The van der Waals surface area contributed by atoms with E-state index in [1.165, 1.54) is 55.6 Å². The molecule has 0 aliphatic carbocycles. The molecule has 0 spiro atoms. The third-order valence-electron chi connectivity index (χ3n) is 4.58. The molecule has 0 aliphatic rings. The van der Waals surface area contributed by atoms with Crippen LogP contribution in [-0.4, -0.2) is 38.3 Å². The minimum absolute atomic E-state index is 0.0184. The van der Waals surface area contributed by atoms with Crippen LogP contribution in [0.5, 0.6) is 0 Å². The number of amides is 1. The van der Waals surface area contributed by atoms with Crippen molar-refractivity contribution >= 4 is 27.6 Å². The van der Waals surface area contributed by atoms with Gasteiger partial charge in [-0.15, -0.1) is 0 Å². The number of sulfonamides is 1. The van der Waals surface area contributed by atoms with Crippen LogP contribution < -0.4 is 5.32 Å². The van der Waals surface area contributed by atoms with Crippen LogP contribution in [0.2, 0.25) is 0 Å². The number of methoxy groups -OCH3 is 1. The van der Waals surface area contributed by atoms with Gasteiger partial charge in [-0.25, -0.2) is 17.6 Å². The average Bonchev–Trinajstić information content (AvgIpc) is 2.80. The molecule has 166 valence electrons. The maximum Gasteiger partial charge on any atom is 0.339 e. The Morgan fingerprint density at radius 3 is 2.22 bits per heavy atom. The maximum absolute atomic E-state index is 13.3. The number of halogens is 1. The lowest BCUT2D eigenvalue weighted by molar-refractivity contribution is -0.116. The largest absolute Gasteiger partial charge is 0.465 e. The second-order valence-electron chi connectivity index (χ2n) is 6.80. The fourth-order valence-corrected chi connectivity index (χ4v) is 4.40. The summed E-state index contributed by atoms with van der Waals surface area (Å²) in [6, 6.07) is 19.3. The van der Waals surface area contributed by atoms with Crippen molar-refractivity contribution in [3.8, 4) is 0 Å². The van der Waals surface area contributed by atoms with Crippen LogP contribution in [0.3, 0.4) is 0 Å². The van der Waals surface area contributed by atoms with Gasteiger partial charge in [0, 0.05) is 6.54 Å². The molecule has 0 bridgehead atoms. The minimum Gasteiger partial charge on any atom is -0.465 e. The number of benzene rings is 3. The topological polar surface area (TPSA) is 92.8 Å². The Morgan fingerprint density at radius 2 is 1.56 bits per heavy atom. The number of para-hydroxylation sites is 1. The average molecular weight is 456 g/mol. The summed E-state index contributed by atoms with van der Waals surface area (Å²) >= 11 is 0. The summed E-state index contributed by atoms with van der Waals surface area (Å²) in [5.74, 6) is -1.74. The SMILES string of the molecule is COC(=O)c1ccccc1NC(=O)CN(Cc1ccc(F)cc1)S(=O)(=O)c1ccccc1. The van der Waals surface area contributed by atoms with E-state index in [2.05, 4.69) is 5.32 Å². The van der Waals surface area contributed by atoms with Crippen LogP contribution in [0, 0.1) is 5.82 Å². The van der Waals surface area contributed by atoms with E-state index in [1.54, 1.807) is 30.3 Å². The Kier molecular flexibility index (Phi) is 7.34. The Bertz CT molecular complexity index is 1200. The van der Waals surface area contributed by atoms with Gasteiger partial charge in [-0.2, -0.15) is 4.31 Å². The molecular formula is C23H21FN2O5S. The van der Waals surface area contributed by atoms with Crippen molar-refractivity contribution in [2.75, 3.05) is 19.0 Å². The molecule has 7 nitrogen and oxygen atoms in total. The molecule has 32 heavy (non-hydrogen) atoms. The first kappa shape index (κ1) is 23.1. The van der Waals surface area contributed by atoms with E-state index >= 15 is 0 Å². The molecule has 0 radical (unpaired) electrons. The molecule has 3 aromatic rings. The number of hydrogen-bond donors (Lipinski definition) is 1. The summed E-state index contributed by atoms with van der Waals surface area (Å²) in [5, 5.41) is 2.57. The van der Waals surface area contributed by atoms with Crippen LogP contribution in [0.25, 0.3) is 0 Å². The van der Waals surface area contributed by atoms with Gasteiger partial charge in [-0.05, 0) is 42.0 Å². The molecule has 9 heteroatoms. The van der Waals surface area contributed by atoms with Crippen molar-refractivity contribution in [2.24, 2.45) is 0 Å². The first-order chi connectivity index (χ1) is 15.3. The third-order valence-corrected chi connectivity index (χ3v) is 6.39. The predicted molar refractivity (Wildman–Crippen MR) is 117 cm³/mol. The Hall–Kier alpha value is -3.56. The number of nitrogens with zero attached hydrogens (tertiary/aromatic N) is 1. The first-order valence-corrected chi connectivity index (χ1v) is 11.0. The quantitative estimate of drug-likeness (QED) is 0.524.